The number of rotatable bonds is 5. The van der Waals surface area contributed by atoms with Crippen LogP contribution in [0.15, 0.2) is 24.4 Å². The molecular formula is C14H21ClN4O. The fourth-order valence-electron chi connectivity index (χ4n) is 2.01. The van der Waals surface area contributed by atoms with Crippen molar-refractivity contribution < 1.29 is 4.79 Å². The van der Waals surface area contributed by atoms with Crippen molar-refractivity contribution in [1.82, 2.24) is 9.78 Å². The van der Waals surface area contributed by atoms with Crippen molar-refractivity contribution in [2.75, 3.05) is 11.9 Å². The Labute approximate surface area is 124 Å². The first-order valence-electron chi connectivity index (χ1n) is 6.59. The Bertz CT molecular complexity index is 580. The van der Waals surface area contributed by atoms with E-state index in [2.05, 4.69) is 24.3 Å². The van der Waals surface area contributed by atoms with Crippen molar-refractivity contribution in [3.63, 3.8) is 0 Å². The lowest BCUT2D eigenvalue weighted by Gasteiger charge is -2.09. The third-order valence-electron chi connectivity index (χ3n) is 2.98. The van der Waals surface area contributed by atoms with E-state index in [1.807, 2.05) is 29.1 Å². The zero-order valence-corrected chi connectivity index (χ0v) is 12.6. The molecule has 1 heterocycles. The van der Waals surface area contributed by atoms with Crippen LogP contribution in [0, 0.1) is 0 Å². The number of carbonyl (C=O) groups is 1. The summed E-state index contributed by atoms with van der Waals surface area (Å²) in [7, 11) is 0. The molecule has 1 aromatic carbocycles. The number of amides is 1. The van der Waals surface area contributed by atoms with E-state index in [0.29, 0.717) is 25.4 Å². The Morgan fingerprint density at radius 2 is 2.20 bits per heavy atom. The maximum atomic E-state index is 11.7. The van der Waals surface area contributed by atoms with Gasteiger partial charge in [-0.3, -0.25) is 9.48 Å². The molecule has 1 amide bonds. The number of nitrogens with one attached hydrogen (secondary N) is 1. The molecule has 0 aliphatic heterocycles. The molecule has 0 aliphatic carbocycles. The fourth-order valence-corrected chi connectivity index (χ4v) is 2.01. The van der Waals surface area contributed by atoms with Gasteiger partial charge in [0.25, 0.3) is 0 Å². The predicted molar refractivity (Wildman–Crippen MR) is 84.3 cm³/mol. The predicted octanol–water partition coefficient (Wildman–Crippen LogP) is 2.72. The van der Waals surface area contributed by atoms with Gasteiger partial charge in [-0.1, -0.05) is 0 Å². The number of benzene rings is 1. The lowest BCUT2D eigenvalue weighted by molar-refractivity contribution is -0.116. The SMILES string of the molecule is CC(C)n1ncc2ccc(NC(=O)CCCN)cc21.Cl. The van der Waals surface area contributed by atoms with Crippen LogP contribution in [0.25, 0.3) is 10.9 Å². The van der Waals surface area contributed by atoms with E-state index >= 15 is 0 Å². The second kappa shape index (κ2) is 7.26. The Balaban J connectivity index is 0.00000200. The summed E-state index contributed by atoms with van der Waals surface area (Å²) in [5, 5.41) is 8.32. The van der Waals surface area contributed by atoms with Gasteiger partial charge in [0.2, 0.25) is 5.91 Å². The number of nitrogens with zero attached hydrogens (tertiary/aromatic N) is 2. The molecule has 0 spiro atoms. The first-order chi connectivity index (χ1) is 9.11. The monoisotopic (exact) mass is 296 g/mol. The van der Waals surface area contributed by atoms with E-state index in [0.717, 1.165) is 16.6 Å². The van der Waals surface area contributed by atoms with E-state index in [4.69, 9.17) is 5.73 Å². The molecule has 0 radical (unpaired) electrons. The van der Waals surface area contributed by atoms with Gasteiger partial charge in [0.05, 0.1) is 11.7 Å². The molecule has 110 valence electrons. The molecule has 0 bridgehead atoms. The molecule has 2 aromatic rings. The van der Waals surface area contributed by atoms with E-state index < -0.39 is 0 Å². The number of hydrogen-bond donors (Lipinski definition) is 2. The lowest BCUT2D eigenvalue weighted by Crippen LogP contribution is -2.13. The molecule has 0 fully saturated rings. The minimum Gasteiger partial charge on any atom is -0.330 e. The van der Waals surface area contributed by atoms with Gasteiger partial charge in [-0.2, -0.15) is 5.10 Å². The summed E-state index contributed by atoms with van der Waals surface area (Å²) in [6.45, 7) is 4.70. The first kappa shape index (κ1) is 16.5. The van der Waals surface area contributed by atoms with Gasteiger partial charge >= 0.3 is 0 Å². The maximum Gasteiger partial charge on any atom is 0.224 e. The summed E-state index contributed by atoms with van der Waals surface area (Å²) in [6.07, 6.45) is 3.01. The molecule has 0 aliphatic rings. The number of halogens is 1. The van der Waals surface area contributed by atoms with Crippen LogP contribution in [0.5, 0.6) is 0 Å². The maximum absolute atomic E-state index is 11.7. The number of anilines is 1. The molecule has 3 N–H and O–H groups in total. The second-order valence-electron chi connectivity index (χ2n) is 4.90. The van der Waals surface area contributed by atoms with Crippen molar-refractivity contribution in [3.8, 4) is 0 Å². The van der Waals surface area contributed by atoms with Gasteiger partial charge in [-0.25, -0.2) is 0 Å². The van der Waals surface area contributed by atoms with E-state index in [-0.39, 0.29) is 18.3 Å². The third-order valence-corrected chi connectivity index (χ3v) is 2.98. The molecular weight excluding hydrogens is 276 g/mol. The van der Waals surface area contributed by atoms with Gasteiger partial charge < -0.3 is 11.1 Å². The average molecular weight is 297 g/mol. The van der Waals surface area contributed by atoms with Crippen LogP contribution in [0.3, 0.4) is 0 Å². The summed E-state index contributed by atoms with van der Waals surface area (Å²) >= 11 is 0. The number of aromatic nitrogens is 2. The number of hydrogen-bond acceptors (Lipinski definition) is 3. The standard InChI is InChI=1S/C14H20N4O.ClH/c1-10(2)18-13-8-12(6-5-11(13)9-16-18)17-14(19)4-3-7-15;/h5-6,8-10H,3-4,7,15H2,1-2H3,(H,17,19);1H. The molecule has 0 saturated carbocycles. The van der Waals surface area contributed by atoms with Crippen LogP contribution in [-0.2, 0) is 4.79 Å². The summed E-state index contributed by atoms with van der Waals surface area (Å²) in [6, 6.07) is 6.12. The highest BCUT2D eigenvalue weighted by Crippen LogP contribution is 2.21. The quantitative estimate of drug-likeness (QED) is 0.891. The summed E-state index contributed by atoms with van der Waals surface area (Å²) in [5.41, 5.74) is 7.23. The molecule has 0 unspecified atom stereocenters. The van der Waals surface area contributed by atoms with Gasteiger partial charge in [-0.05, 0) is 45.0 Å². The van der Waals surface area contributed by atoms with E-state index in [1.165, 1.54) is 0 Å². The average Bonchev–Trinajstić information content (AvgIpc) is 2.79. The number of carbonyl (C=O) groups excluding carboxylic acids is 1. The minimum atomic E-state index is 0. The molecule has 0 saturated heterocycles. The van der Waals surface area contributed by atoms with Gasteiger partial charge in [-0.15, -0.1) is 12.4 Å². The van der Waals surface area contributed by atoms with E-state index in [1.54, 1.807) is 0 Å². The second-order valence-corrected chi connectivity index (χ2v) is 4.90. The Morgan fingerprint density at radius 3 is 2.85 bits per heavy atom. The van der Waals surface area contributed by atoms with E-state index in [9.17, 15) is 4.79 Å². The fraction of sp³-hybridized carbons (Fsp3) is 0.429. The Morgan fingerprint density at radius 1 is 1.45 bits per heavy atom. The van der Waals surface area contributed by atoms with Crippen LogP contribution in [0.2, 0.25) is 0 Å². The van der Waals surface area contributed by atoms with Crippen LogP contribution in [0.4, 0.5) is 5.69 Å². The molecule has 2 rings (SSSR count). The molecule has 0 atom stereocenters. The van der Waals surface area contributed by atoms with Gasteiger partial charge in [0.15, 0.2) is 0 Å². The number of fused-ring (bicyclic) bond motifs is 1. The van der Waals surface area contributed by atoms with Crippen molar-refractivity contribution >= 4 is 34.9 Å². The highest BCUT2D eigenvalue weighted by atomic mass is 35.5. The Kier molecular flexibility index (Phi) is 5.98. The van der Waals surface area contributed by atoms with Crippen molar-refractivity contribution in [1.29, 1.82) is 0 Å². The summed E-state index contributed by atoms with van der Waals surface area (Å²) < 4.78 is 1.95. The highest BCUT2D eigenvalue weighted by molar-refractivity contribution is 5.93. The Hall–Kier alpha value is -1.59. The summed E-state index contributed by atoms with van der Waals surface area (Å²) in [4.78, 5) is 11.7. The normalized spacial score (nSPS) is 10.6. The van der Waals surface area contributed by atoms with Crippen LogP contribution in [0.1, 0.15) is 32.7 Å². The van der Waals surface area contributed by atoms with Crippen LogP contribution in [-0.4, -0.2) is 22.2 Å². The van der Waals surface area contributed by atoms with Crippen molar-refractivity contribution in [2.45, 2.75) is 32.7 Å². The molecule has 20 heavy (non-hydrogen) atoms. The summed E-state index contributed by atoms with van der Waals surface area (Å²) in [5.74, 6) is 0.000382. The van der Waals surface area contributed by atoms with Crippen LogP contribution >= 0.6 is 12.4 Å². The first-order valence-corrected chi connectivity index (χ1v) is 6.59. The van der Waals surface area contributed by atoms with Crippen LogP contribution < -0.4 is 11.1 Å². The lowest BCUT2D eigenvalue weighted by atomic mass is 10.2. The molecule has 1 aromatic heterocycles. The molecule has 5 nitrogen and oxygen atoms in total. The topological polar surface area (TPSA) is 72.9 Å². The number of nitrogens with two attached hydrogens (primary N) is 1. The third kappa shape index (κ3) is 3.71. The molecule has 6 heteroatoms. The zero-order valence-electron chi connectivity index (χ0n) is 11.8. The minimum absolute atomic E-state index is 0. The van der Waals surface area contributed by atoms with Gasteiger partial charge in [0.1, 0.15) is 0 Å². The zero-order chi connectivity index (χ0) is 13.8. The smallest absolute Gasteiger partial charge is 0.224 e. The van der Waals surface area contributed by atoms with Gasteiger partial charge in [0, 0.05) is 23.5 Å². The highest BCUT2D eigenvalue weighted by Gasteiger charge is 2.08. The largest absolute Gasteiger partial charge is 0.330 e. The van der Waals surface area contributed by atoms with Crippen molar-refractivity contribution in [3.05, 3.63) is 24.4 Å². The van der Waals surface area contributed by atoms with Crippen molar-refractivity contribution in [2.24, 2.45) is 5.73 Å².